The minimum Gasteiger partial charge on any atom is -0.353 e. The van der Waals surface area contributed by atoms with Crippen LogP contribution in [0.15, 0.2) is 24.3 Å². The fourth-order valence-corrected chi connectivity index (χ4v) is 3.10. The first kappa shape index (κ1) is 15.0. The first-order chi connectivity index (χ1) is 9.70. The Bertz CT molecular complexity index is 444. The Hall–Kier alpha value is -1.35. The summed E-state index contributed by atoms with van der Waals surface area (Å²) in [4.78, 5) is 12.1. The second-order valence-electron chi connectivity index (χ2n) is 5.88. The quantitative estimate of drug-likeness (QED) is 0.867. The van der Waals surface area contributed by atoms with Gasteiger partial charge in [-0.3, -0.25) is 4.79 Å². The van der Waals surface area contributed by atoms with Crippen LogP contribution in [-0.4, -0.2) is 18.5 Å². The molecule has 2 atom stereocenters. The van der Waals surface area contributed by atoms with Crippen molar-refractivity contribution in [3.05, 3.63) is 35.4 Å². The standard InChI is InChI=1S/C17H26N2O/c1-13-6-2-3-7-14(13)10-11-17(20)19-16-9-5-4-8-15(16)12-18/h2-3,6-7,15-16H,4-5,8-12,18H2,1H3,(H,19,20). The Kier molecular flexibility index (Phi) is 5.60. The summed E-state index contributed by atoms with van der Waals surface area (Å²) in [6.07, 6.45) is 6.07. The fourth-order valence-electron chi connectivity index (χ4n) is 3.10. The molecule has 3 N–H and O–H groups in total. The van der Waals surface area contributed by atoms with Gasteiger partial charge in [-0.25, -0.2) is 0 Å². The van der Waals surface area contributed by atoms with Gasteiger partial charge >= 0.3 is 0 Å². The van der Waals surface area contributed by atoms with E-state index in [1.54, 1.807) is 0 Å². The molecule has 0 radical (unpaired) electrons. The number of amides is 1. The predicted molar refractivity (Wildman–Crippen MR) is 82.4 cm³/mol. The molecular formula is C17H26N2O. The van der Waals surface area contributed by atoms with Crippen LogP contribution in [0, 0.1) is 12.8 Å². The lowest BCUT2D eigenvalue weighted by Gasteiger charge is -2.31. The van der Waals surface area contributed by atoms with Gasteiger partial charge in [0.25, 0.3) is 0 Å². The summed E-state index contributed by atoms with van der Waals surface area (Å²) in [6.45, 7) is 2.78. The van der Waals surface area contributed by atoms with Gasteiger partial charge in [-0.15, -0.1) is 0 Å². The molecule has 1 aromatic rings. The molecule has 0 bridgehead atoms. The van der Waals surface area contributed by atoms with Gasteiger partial charge in [-0.2, -0.15) is 0 Å². The Morgan fingerprint density at radius 3 is 2.80 bits per heavy atom. The molecule has 1 amide bonds. The third kappa shape index (κ3) is 4.07. The van der Waals surface area contributed by atoms with Crippen molar-refractivity contribution in [3.63, 3.8) is 0 Å². The lowest BCUT2D eigenvalue weighted by molar-refractivity contribution is -0.122. The van der Waals surface area contributed by atoms with Crippen molar-refractivity contribution in [1.82, 2.24) is 5.32 Å². The highest BCUT2D eigenvalue weighted by Gasteiger charge is 2.24. The molecule has 1 fully saturated rings. The lowest BCUT2D eigenvalue weighted by atomic mass is 9.84. The van der Waals surface area contributed by atoms with Gasteiger partial charge < -0.3 is 11.1 Å². The highest BCUT2D eigenvalue weighted by molar-refractivity contribution is 5.76. The number of nitrogens with one attached hydrogen (secondary N) is 1. The van der Waals surface area contributed by atoms with Gasteiger partial charge in [-0.05, 0) is 49.8 Å². The van der Waals surface area contributed by atoms with Gasteiger partial charge in [0.05, 0.1) is 0 Å². The number of hydrogen-bond donors (Lipinski definition) is 2. The van der Waals surface area contributed by atoms with Crippen LogP contribution in [0.1, 0.15) is 43.2 Å². The van der Waals surface area contributed by atoms with Crippen LogP contribution in [0.2, 0.25) is 0 Å². The molecule has 0 spiro atoms. The average Bonchev–Trinajstić information content (AvgIpc) is 2.47. The fraction of sp³-hybridized carbons (Fsp3) is 0.588. The maximum atomic E-state index is 12.1. The van der Waals surface area contributed by atoms with Crippen molar-refractivity contribution in [2.45, 2.75) is 51.5 Å². The highest BCUT2D eigenvalue weighted by atomic mass is 16.1. The zero-order valence-electron chi connectivity index (χ0n) is 12.4. The second-order valence-corrected chi connectivity index (χ2v) is 5.88. The summed E-state index contributed by atoms with van der Waals surface area (Å²) in [7, 11) is 0. The molecule has 1 aromatic carbocycles. The molecule has 2 rings (SSSR count). The molecular weight excluding hydrogens is 248 g/mol. The summed E-state index contributed by atoms with van der Waals surface area (Å²) in [5.74, 6) is 0.629. The number of nitrogens with two attached hydrogens (primary N) is 1. The number of carbonyl (C=O) groups excluding carboxylic acids is 1. The molecule has 110 valence electrons. The molecule has 0 aromatic heterocycles. The molecule has 0 aliphatic heterocycles. The number of carbonyl (C=O) groups is 1. The zero-order valence-corrected chi connectivity index (χ0v) is 12.4. The first-order valence-electron chi connectivity index (χ1n) is 7.74. The largest absolute Gasteiger partial charge is 0.353 e. The topological polar surface area (TPSA) is 55.1 Å². The summed E-state index contributed by atoms with van der Waals surface area (Å²) in [5.41, 5.74) is 8.33. The third-order valence-corrected chi connectivity index (χ3v) is 4.44. The average molecular weight is 274 g/mol. The summed E-state index contributed by atoms with van der Waals surface area (Å²) in [6, 6.07) is 8.56. The van der Waals surface area contributed by atoms with Crippen molar-refractivity contribution < 1.29 is 4.79 Å². The zero-order chi connectivity index (χ0) is 14.4. The van der Waals surface area contributed by atoms with Crippen LogP contribution >= 0.6 is 0 Å². The van der Waals surface area contributed by atoms with Crippen molar-refractivity contribution in [3.8, 4) is 0 Å². The van der Waals surface area contributed by atoms with E-state index in [-0.39, 0.29) is 11.9 Å². The first-order valence-corrected chi connectivity index (χ1v) is 7.74. The van der Waals surface area contributed by atoms with E-state index in [1.807, 2.05) is 12.1 Å². The smallest absolute Gasteiger partial charge is 0.220 e. The summed E-state index contributed by atoms with van der Waals surface area (Å²) < 4.78 is 0. The molecule has 1 aliphatic carbocycles. The van der Waals surface area contributed by atoms with Crippen LogP contribution in [0.5, 0.6) is 0 Å². The number of benzene rings is 1. The van der Waals surface area contributed by atoms with Gasteiger partial charge in [0.1, 0.15) is 0 Å². The number of rotatable bonds is 5. The highest BCUT2D eigenvalue weighted by Crippen LogP contribution is 2.23. The van der Waals surface area contributed by atoms with Gasteiger partial charge in [0, 0.05) is 12.5 Å². The molecule has 1 aliphatic rings. The maximum absolute atomic E-state index is 12.1. The van der Waals surface area contributed by atoms with Crippen LogP contribution in [0.25, 0.3) is 0 Å². The van der Waals surface area contributed by atoms with E-state index in [0.29, 0.717) is 18.9 Å². The van der Waals surface area contributed by atoms with Gasteiger partial charge in [0.2, 0.25) is 5.91 Å². The molecule has 1 saturated carbocycles. The Labute approximate surface area is 121 Å². The molecule has 0 heterocycles. The second kappa shape index (κ2) is 7.44. The normalized spacial score (nSPS) is 22.5. The number of aryl methyl sites for hydroxylation is 2. The van der Waals surface area contributed by atoms with Crippen LogP contribution in [-0.2, 0) is 11.2 Å². The van der Waals surface area contributed by atoms with Crippen molar-refractivity contribution in [2.24, 2.45) is 11.7 Å². The van der Waals surface area contributed by atoms with E-state index >= 15 is 0 Å². The van der Waals surface area contributed by atoms with Crippen LogP contribution in [0.4, 0.5) is 0 Å². The molecule has 2 unspecified atom stereocenters. The van der Waals surface area contributed by atoms with Crippen molar-refractivity contribution in [2.75, 3.05) is 6.54 Å². The molecule has 0 saturated heterocycles. The summed E-state index contributed by atoms with van der Waals surface area (Å²) in [5, 5.41) is 3.19. The maximum Gasteiger partial charge on any atom is 0.220 e. The lowest BCUT2D eigenvalue weighted by Crippen LogP contribution is -2.44. The molecule has 3 nitrogen and oxygen atoms in total. The van der Waals surface area contributed by atoms with Crippen LogP contribution in [0.3, 0.4) is 0 Å². The van der Waals surface area contributed by atoms with E-state index < -0.39 is 0 Å². The predicted octanol–water partition coefficient (Wildman–Crippen LogP) is 2.56. The van der Waals surface area contributed by atoms with Gasteiger partial charge in [0.15, 0.2) is 0 Å². The van der Waals surface area contributed by atoms with Crippen LogP contribution < -0.4 is 11.1 Å². The Morgan fingerprint density at radius 1 is 1.30 bits per heavy atom. The SMILES string of the molecule is Cc1ccccc1CCC(=O)NC1CCCCC1CN. The number of hydrogen-bond acceptors (Lipinski definition) is 2. The van der Waals surface area contributed by atoms with E-state index in [0.717, 1.165) is 19.3 Å². The van der Waals surface area contributed by atoms with Crippen molar-refractivity contribution in [1.29, 1.82) is 0 Å². The molecule has 20 heavy (non-hydrogen) atoms. The Morgan fingerprint density at radius 2 is 2.05 bits per heavy atom. The van der Waals surface area contributed by atoms with E-state index in [1.165, 1.54) is 24.0 Å². The van der Waals surface area contributed by atoms with E-state index in [2.05, 4.69) is 24.4 Å². The molecule has 3 heteroatoms. The minimum absolute atomic E-state index is 0.165. The Balaban J connectivity index is 1.82. The van der Waals surface area contributed by atoms with Crippen molar-refractivity contribution >= 4 is 5.91 Å². The third-order valence-electron chi connectivity index (χ3n) is 4.44. The van der Waals surface area contributed by atoms with Gasteiger partial charge in [-0.1, -0.05) is 37.1 Å². The summed E-state index contributed by atoms with van der Waals surface area (Å²) >= 11 is 0. The van der Waals surface area contributed by atoms with E-state index in [4.69, 9.17) is 5.73 Å². The monoisotopic (exact) mass is 274 g/mol. The van der Waals surface area contributed by atoms with E-state index in [9.17, 15) is 4.79 Å². The minimum atomic E-state index is 0.165.